The molecule has 1 heterocycles. The summed E-state index contributed by atoms with van der Waals surface area (Å²) < 4.78 is 5.15. The highest BCUT2D eigenvalue weighted by molar-refractivity contribution is 7.99. The van der Waals surface area contributed by atoms with Gasteiger partial charge in [-0.2, -0.15) is 0 Å². The van der Waals surface area contributed by atoms with Crippen LogP contribution in [0.5, 0.6) is 0 Å². The van der Waals surface area contributed by atoms with E-state index >= 15 is 0 Å². The van der Waals surface area contributed by atoms with Crippen molar-refractivity contribution in [3.8, 4) is 0 Å². The summed E-state index contributed by atoms with van der Waals surface area (Å²) >= 11 is 1.69. The molecule has 0 saturated heterocycles. The Bertz CT molecular complexity index is 246. The van der Waals surface area contributed by atoms with Crippen molar-refractivity contribution in [2.75, 3.05) is 12.8 Å². The molecule has 2 rings (SSSR count). The summed E-state index contributed by atoms with van der Waals surface area (Å²) in [5.74, 6) is 1.94. The minimum Gasteiger partial charge on any atom is -0.440 e. The van der Waals surface area contributed by atoms with E-state index in [4.69, 9.17) is 4.42 Å². The van der Waals surface area contributed by atoms with Gasteiger partial charge in [-0.3, -0.25) is 0 Å². The molecule has 1 aromatic heterocycles. The molecule has 0 spiro atoms. The second-order valence-corrected chi connectivity index (χ2v) is 4.31. The van der Waals surface area contributed by atoms with E-state index < -0.39 is 0 Å². The molecular formula is C9H14N2OS. The summed E-state index contributed by atoms with van der Waals surface area (Å²) in [5.41, 5.74) is 0. The summed E-state index contributed by atoms with van der Waals surface area (Å²) in [6, 6.07) is 0.622. The lowest BCUT2D eigenvalue weighted by molar-refractivity contribution is 0.452. The largest absolute Gasteiger partial charge is 0.440 e. The molecular weight excluding hydrogens is 184 g/mol. The first-order chi connectivity index (χ1) is 6.40. The quantitative estimate of drug-likeness (QED) is 0.732. The maximum Gasteiger partial charge on any atom is 0.255 e. The normalized spacial score (nSPS) is 18.8. The summed E-state index contributed by atoms with van der Waals surface area (Å²) in [4.78, 5) is 4.07. The Kier molecular flexibility index (Phi) is 2.90. The zero-order chi connectivity index (χ0) is 9.10. The fraction of sp³-hybridized carbons (Fsp3) is 0.667. The molecule has 4 heteroatoms. The van der Waals surface area contributed by atoms with E-state index in [1.54, 1.807) is 24.2 Å². The van der Waals surface area contributed by atoms with Crippen LogP contribution >= 0.6 is 11.8 Å². The smallest absolute Gasteiger partial charge is 0.255 e. The van der Waals surface area contributed by atoms with E-state index in [0.717, 1.165) is 16.9 Å². The van der Waals surface area contributed by atoms with E-state index in [2.05, 4.69) is 10.3 Å². The second-order valence-electron chi connectivity index (χ2n) is 3.34. The first kappa shape index (κ1) is 9.09. The van der Waals surface area contributed by atoms with Gasteiger partial charge in [-0.15, -0.1) is 0 Å². The average Bonchev–Trinajstić information content (AvgIpc) is 2.84. The van der Waals surface area contributed by atoms with Gasteiger partial charge in [-0.25, -0.2) is 4.98 Å². The van der Waals surface area contributed by atoms with Gasteiger partial charge >= 0.3 is 0 Å². The molecule has 1 saturated carbocycles. The van der Waals surface area contributed by atoms with Crippen molar-refractivity contribution in [3.05, 3.63) is 12.5 Å². The number of rotatable bonds is 5. The average molecular weight is 198 g/mol. The molecule has 1 N–H and O–H groups in total. The predicted molar refractivity (Wildman–Crippen MR) is 52.8 cm³/mol. The van der Waals surface area contributed by atoms with Crippen molar-refractivity contribution in [2.45, 2.75) is 24.1 Å². The molecule has 0 bridgehead atoms. The number of hydrogen-bond donors (Lipinski definition) is 1. The van der Waals surface area contributed by atoms with Crippen molar-refractivity contribution in [2.24, 2.45) is 5.92 Å². The third-order valence-electron chi connectivity index (χ3n) is 2.36. The van der Waals surface area contributed by atoms with E-state index in [0.29, 0.717) is 6.04 Å². The Hall–Kier alpha value is -0.480. The van der Waals surface area contributed by atoms with Crippen LogP contribution in [0.2, 0.25) is 0 Å². The Morgan fingerprint density at radius 3 is 3.15 bits per heavy atom. The monoisotopic (exact) mass is 198 g/mol. The molecule has 1 unspecified atom stereocenters. The maximum absolute atomic E-state index is 5.15. The highest BCUT2D eigenvalue weighted by atomic mass is 32.2. The molecule has 1 aliphatic carbocycles. The first-order valence-corrected chi connectivity index (χ1v) is 5.58. The topological polar surface area (TPSA) is 38.1 Å². The molecule has 1 aliphatic rings. The van der Waals surface area contributed by atoms with Crippen LogP contribution < -0.4 is 5.32 Å². The van der Waals surface area contributed by atoms with Crippen LogP contribution in [0.4, 0.5) is 0 Å². The number of oxazole rings is 1. The lowest BCUT2D eigenvalue weighted by atomic mass is 10.2. The van der Waals surface area contributed by atoms with Gasteiger partial charge < -0.3 is 9.73 Å². The molecule has 1 atom stereocenters. The summed E-state index contributed by atoms with van der Waals surface area (Å²) in [5, 5.41) is 4.11. The number of aromatic nitrogens is 1. The number of thioether (sulfide) groups is 1. The lowest BCUT2D eigenvalue weighted by Gasteiger charge is -2.12. The van der Waals surface area contributed by atoms with Crippen molar-refractivity contribution in [3.63, 3.8) is 0 Å². The summed E-state index contributed by atoms with van der Waals surface area (Å²) in [6.45, 7) is 0. The van der Waals surface area contributed by atoms with Crippen LogP contribution in [-0.2, 0) is 0 Å². The third-order valence-corrected chi connectivity index (χ3v) is 3.33. The molecule has 0 aliphatic heterocycles. The highest BCUT2D eigenvalue weighted by Crippen LogP contribution is 2.34. The number of hydrogen-bond acceptors (Lipinski definition) is 4. The molecule has 0 amide bonds. The highest BCUT2D eigenvalue weighted by Gasteiger charge is 2.30. The van der Waals surface area contributed by atoms with Crippen molar-refractivity contribution < 1.29 is 4.42 Å². The minimum atomic E-state index is 0.622. The van der Waals surface area contributed by atoms with Crippen LogP contribution in [0.15, 0.2) is 22.1 Å². The van der Waals surface area contributed by atoms with E-state index in [9.17, 15) is 0 Å². The van der Waals surface area contributed by atoms with Gasteiger partial charge in [0.15, 0.2) is 0 Å². The zero-order valence-corrected chi connectivity index (χ0v) is 8.51. The fourth-order valence-electron chi connectivity index (χ4n) is 1.40. The molecule has 1 aromatic rings. The van der Waals surface area contributed by atoms with Gasteiger partial charge in [0.05, 0.1) is 6.20 Å². The van der Waals surface area contributed by atoms with Crippen LogP contribution in [0.1, 0.15) is 12.8 Å². The maximum atomic E-state index is 5.15. The minimum absolute atomic E-state index is 0.622. The molecule has 0 aromatic carbocycles. The van der Waals surface area contributed by atoms with Gasteiger partial charge in [0.25, 0.3) is 5.22 Å². The Labute approximate surface area is 82.3 Å². The first-order valence-electron chi connectivity index (χ1n) is 4.59. The van der Waals surface area contributed by atoms with Gasteiger partial charge in [0.1, 0.15) is 6.26 Å². The molecule has 13 heavy (non-hydrogen) atoms. The van der Waals surface area contributed by atoms with Crippen LogP contribution in [0, 0.1) is 5.92 Å². The lowest BCUT2D eigenvalue weighted by Crippen LogP contribution is -2.29. The van der Waals surface area contributed by atoms with E-state index in [-0.39, 0.29) is 0 Å². The van der Waals surface area contributed by atoms with Crippen LogP contribution in [-0.4, -0.2) is 23.8 Å². The Balaban J connectivity index is 1.77. The van der Waals surface area contributed by atoms with E-state index in [1.807, 2.05) is 7.05 Å². The van der Waals surface area contributed by atoms with Crippen LogP contribution in [0.25, 0.3) is 0 Å². The predicted octanol–water partition coefficient (Wildman–Crippen LogP) is 1.76. The van der Waals surface area contributed by atoms with E-state index in [1.165, 1.54) is 12.8 Å². The van der Waals surface area contributed by atoms with Gasteiger partial charge in [-0.05, 0) is 25.8 Å². The molecule has 3 nitrogen and oxygen atoms in total. The van der Waals surface area contributed by atoms with Crippen molar-refractivity contribution >= 4 is 11.8 Å². The fourth-order valence-corrected chi connectivity index (χ4v) is 2.42. The molecule has 1 fully saturated rings. The van der Waals surface area contributed by atoms with Gasteiger partial charge in [0, 0.05) is 11.8 Å². The third kappa shape index (κ3) is 2.48. The van der Waals surface area contributed by atoms with Gasteiger partial charge in [-0.1, -0.05) is 11.8 Å². The standard InChI is InChI=1S/C9H14N2OS/c1-10-8(7-2-3-7)6-13-9-11-4-5-12-9/h4-5,7-8,10H,2-3,6H2,1H3. The molecule has 0 radical (unpaired) electrons. The SMILES string of the molecule is CNC(CSc1ncco1)C1CC1. The van der Waals surface area contributed by atoms with Crippen molar-refractivity contribution in [1.29, 1.82) is 0 Å². The summed E-state index contributed by atoms with van der Waals surface area (Å²) in [6.07, 6.45) is 6.05. The molecule has 72 valence electrons. The Morgan fingerprint density at radius 1 is 1.77 bits per heavy atom. The summed E-state index contributed by atoms with van der Waals surface area (Å²) in [7, 11) is 2.03. The number of nitrogens with one attached hydrogen (secondary N) is 1. The Morgan fingerprint density at radius 2 is 2.62 bits per heavy atom. The van der Waals surface area contributed by atoms with Crippen molar-refractivity contribution in [1.82, 2.24) is 10.3 Å². The van der Waals surface area contributed by atoms with Gasteiger partial charge in [0.2, 0.25) is 0 Å². The second kappa shape index (κ2) is 4.15. The van der Waals surface area contributed by atoms with Crippen LogP contribution in [0.3, 0.4) is 0 Å². The zero-order valence-electron chi connectivity index (χ0n) is 7.69. The number of nitrogens with zero attached hydrogens (tertiary/aromatic N) is 1.